The third kappa shape index (κ3) is 1.85. The fourth-order valence-electron chi connectivity index (χ4n) is 0.896. The molecular weight excluding hydrogens is 176 g/mol. The Kier molecular flexibility index (Phi) is 2.24. The average Bonchev–Trinajstić information content (AvgIpc) is 1.83. The summed E-state index contributed by atoms with van der Waals surface area (Å²) >= 11 is 5.82. The van der Waals surface area contributed by atoms with E-state index in [4.69, 9.17) is 11.6 Å². The first-order valence-electron chi connectivity index (χ1n) is 3.66. The lowest BCUT2D eigenvalue weighted by molar-refractivity contribution is 0.583. The number of rotatable bonds is 0. The van der Waals surface area contributed by atoms with Crippen LogP contribution in [-0.2, 0) is 5.41 Å². The number of halogens is 1. The van der Waals surface area contributed by atoms with Crippen molar-refractivity contribution in [1.82, 2.24) is 9.97 Å². The zero-order valence-corrected chi connectivity index (χ0v) is 8.07. The van der Waals surface area contributed by atoms with Crippen LogP contribution in [0.1, 0.15) is 26.3 Å². The van der Waals surface area contributed by atoms with Crippen molar-refractivity contribution < 1.29 is 0 Å². The molecule has 1 aromatic rings. The highest BCUT2D eigenvalue weighted by Crippen LogP contribution is 2.25. The Morgan fingerprint density at radius 3 is 2.50 bits per heavy atom. The summed E-state index contributed by atoms with van der Waals surface area (Å²) < 4.78 is 0. The molecule has 3 nitrogen and oxygen atoms in total. The number of nitrogens with zero attached hydrogens (tertiary/aromatic N) is 1. The minimum absolute atomic E-state index is 0.0890. The summed E-state index contributed by atoms with van der Waals surface area (Å²) in [5, 5.41) is 0.377. The van der Waals surface area contributed by atoms with E-state index in [1.54, 1.807) is 0 Å². The van der Waals surface area contributed by atoms with Crippen LogP contribution in [0, 0.1) is 0 Å². The van der Waals surface area contributed by atoms with Crippen LogP contribution in [0.4, 0.5) is 0 Å². The van der Waals surface area contributed by atoms with E-state index in [9.17, 15) is 4.79 Å². The molecule has 66 valence electrons. The van der Waals surface area contributed by atoms with Crippen LogP contribution >= 0.6 is 11.6 Å². The molecule has 0 aliphatic carbocycles. The molecule has 0 amide bonds. The van der Waals surface area contributed by atoms with Crippen LogP contribution in [-0.4, -0.2) is 9.97 Å². The van der Waals surface area contributed by atoms with Gasteiger partial charge in [0.05, 0.1) is 0 Å². The van der Waals surface area contributed by atoms with E-state index in [1.165, 1.54) is 6.20 Å². The van der Waals surface area contributed by atoms with Gasteiger partial charge in [-0.15, -0.1) is 0 Å². The summed E-state index contributed by atoms with van der Waals surface area (Å²) in [6.45, 7) is 6.02. The summed E-state index contributed by atoms with van der Waals surface area (Å²) in [5.41, 5.74) is 0.352. The lowest BCUT2D eigenvalue weighted by Gasteiger charge is -2.18. The van der Waals surface area contributed by atoms with Crippen LogP contribution in [0.2, 0.25) is 5.15 Å². The fourth-order valence-corrected chi connectivity index (χ4v) is 1.31. The summed E-state index contributed by atoms with van der Waals surface area (Å²) in [6, 6.07) is 0. The second kappa shape index (κ2) is 2.90. The van der Waals surface area contributed by atoms with E-state index in [-0.39, 0.29) is 5.41 Å². The van der Waals surface area contributed by atoms with Crippen LogP contribution in [0.25, 0.3) is 0 Å². The maximum atomic E-state index is 10.7. The standard InChI is InChI=1S/C8H11ClN2O/c1-8(2,3)5-4-10-7(12)11-6(5)9/h4H,1-3H3,(H,10,11,12). The quantitative estimate of drug-likeness (QED) is 0.628. The van der Waals surface area contributed by atoms with Crippen molar-refractivity contribution >= 4 is 11.6 Å². The molecule has 12 heavy (non-hydrogen) atoms. The number of H-pyrrole nitrogens is 1. The molecule has 1 rings (SSSR count). The van der Waals surface area contributed by atoms with Crippen molar-refractivity contribution in [3.8, 4) is 0 Å². The highest BCUT2D eigenvalue weighted by atomic mass is 35.5. The number of hydrogen-bond donors (Lipinski definition) is 1. The maximum absolute atomic E-state index is 10.7. The number of aromatic amines is 1. The molecule has 0 aromatic carbocycles. The van der Waals surface area contributed by atoms with Gasteiger partial charge >= 0.3 is 5.69 Å². The normalized spacial score (nSPS) is 11.7. The minimum atomic E-state index is -0.409. The first-order chi connectivity index (χ1) is 5.41. The van der Waals surface area contributed by atoms with E-state index in [1.807, 2.05) is 20.8 Å². The van der Waals surface area contributed by atoms with Gasteiger partial charge < -0.3 is 0 Å². The Labute approximate surface area is 75.8 Å². The SMILES string of the molecule is CC(C)(C)c1cnc(=O)[nH]c1Cl. The second-order valence-corrected chi connectivity index (χ2v) is 4.04. The molecule has 1 aromatic heterocycles. The summed E-state index contributed by atoms with van der Waals surface area (Å²) in [4.78, 5) is 16.8. The smallest absolute Gasteiger partial charge is 0.296 e. The molecule has 0 radical (unpaired) electrons. The largest absolute Gasteiger partial charge is 0.346 e. The predicted molar refractivity (Wildman–Crippen MR) is 48.6 cm³/mol. The Morgan fingerprint density at radius 1 is 1.50 bits per heavy atom. The topological polar surface area (TPSA) is 45.8 Å². The van der Waals surface area contributed by atoms with Gasteiger partial charge in [-0.05, 0) is 5.41 Å². The summed E-state index contributed by atoms with van der Waals surface area (Å²) in [6.07, 6.45) is 1.52. The van der Waals surface area contributed by atoms with Gasteiger partial charge in [0.15, 0.2) is 0 Å². The highest BCUT2D eigenvalue weighted by Gasteiger charge is 2.17. The Hall–Kier alpha value is -0.830. The van der Waals surface area contributed by atoms with Gasteiger partial charge in [0.2, 0.25) is 0 Å². The first-order valence-corrected chi connectivity index (χ1v) is 4.04. The van der Waals surface area contributed by atoms with E-state index < -0.39 is 5.69 Å². The Bertz CT molecular complexity index is 338. The van der Waals surface area contributed by atoms with Crippen LogP contribution in [0.15, 0.2) is 11.0 Å². The third-order valence-electron chi connectivity index (χ3n) is 1.57. The van der Waals surface area contributed by atoms with Crippen LogP contribution in [0.3, 0.4) is 0 Å². The van der Waals surface area contributed by atoms with E-state index in [2.05, 4.69) is 9.97 Å². The molecule has 0 unspecified atom stereocenters. The zero-order valence-electron chi connectivity index (χ0n) is 7.31. The summed E-state index contributed by atoms with van der Waals surface area (Å²) in [7, 11) is 0. The van der Waals surface area contributed by atoms with Crippen LogP contribution < -0.4 is 5.69 Å². The lowest BCUT2D eigenvalue weighted by Crippen LogP contribution is -2.18. The molecule has 0 aliphatic heterocycles. The third-order valence-corrected chi connectivity index (χ3v) is 1.87. The maximum Gasteiger partial charge on any atom is 0.346 e. The number of aromatic nitrogens is 2. The fraction of sp³-hybridized carbons (Fsp3) is 0.500. The molecule has 0 spiro atoms. The Balaban J connectivity index is 3.28. The Morgan fingerprint density at radius 2 is 2.08 bits per heavy atom. The van der Waals surface area contributed by atoms with Crippen molar-refractivity contribution in [2.45, 2.75) is 26.2 Å². The lowest BCUT2D eigenvalue weighted by atomic mass is 9.89. The first kappa shape index (κ1) is 9.26. The molecule has 0 aliphatic rings. The molecule has 0 saturated heterocycles. The zero-order chi connectivity index (χ0) is 9.35. The van der Waals surface area contributed by atoms with Gasteiger partial charge in [-0.3, -0.25) is 4.98 Å². The van der Waals surface area contributed by atoms with Gasteiger partial charge in [-0.1, -0.05) is 32.4 Å². The predicted octanol–water partition coefficient (Wildman–Crippen LogP) is 1.72. The number of nitrogens with one attached hydrogen (secondary N) is 1. The van der Waals surface area contributed by atoms with Gasteiger partial charge in [0, 0.05) is 11.8 Å². The van der Waals surface area contributed by atoms with Crippen molar-refractivity contribution in [1.29, 1.82) is 0 Å². The van der Waals surface area contributed by atoms with Crippen LogP contribution in [0.5, 0.6) is 0 Å². The highest BCUT2D eigenvalue weighted by molar-refractivity contribution is 6.30. The van der Waals surface area contributed by atoms with Crippen molar-refractivity contribution in [3.05, 3.63) is 27.4 Å². The van der Waals surface area contributed by atoms with Gasteiger partial charge in [-0.2, -0.15) is 0 Å². The molecular formula is C8H11ClN2O. The second-order valence-electron chi connectivity index (χ2n) is 3.67. The van der Waals surface area contributed by atoms with E-state index in [0.29, 0.717) is 5.15 Å². The van der Waals surface area contributed by atoms with Gasteiger partial charge in [0.25, 0.3) is 0 Å². The molecule has 0 fully saturated rings. The van der Waals surface area contributed by atoms with E-state index >= 15 is 0 Å². The van der Waals surface area contributed by atoms with Crippen molar-refractivity contribution in [2.24, 2.45) is 0 Å². The van der Waals surface area contributed by atoms with Crippen molar-refractivity contribution in [3.63, 3.8) is 0 Å². The van der Waals surface area contributed by atoms with Crippen molar-refractivity contribution in [2.75, 3.05) is 0 Å². The molecule has 0 saturated carbocycles. The molecule has 0 atom stereocenters. The minimum Gasteiger partial charge on any atom is -0.296 e. The van der Waals surface area contributed by atoms with Gasteiger partial charge in [0.1, 0.15) is 5.15 Å². The summed E-state index contributed by atoms with van der Waals surface area (Å²) in [5.74, 6) is 0. The van der Waals surface area contributed by atoms with Gasteiger partial charge in [-0.25, -0.2) is 9.78 Å². The monoisotopic (exact) mass is 186 g/mol. The van der Waals surface area contributed by atoms with E-state index in [0.717, 1.165) is 5.56 Å². The molecule has 0 bridgehead atoms. The number of hydrogen-bond acceptors (Lipinski definition) is 2. The molecule has 4 heteroatoms. The average molecular weight is 187 g/mol. The molecule has 1 N–H and O–H groups in total. The molecule has 1 heterocycles.